The molecule has 30 heavy (non-hydrogen) atoms. The second kappa shape index (κ2) is 13.0. The van der Waals surface area contributed by atoms with E-state index in [4.69, 9.17) is 0 Å². The number of allylic oxidation sites excluding steroid dienone is 2. The second-order valence-electron chi connectivity index (χ2n) is 10.4. The van der Waals surface area contributed by atoms with Crippen molar-refractivity contribution >= 4 is 0 Å². The number of unbranched alkanes of at least 4 members (excludes halogenated alkanes) is 4. The van der Waals surface area contributed by atoms with Crippen LogP contribution in [0.5, 0.6) is 0 Å². The summed E-state index contributed by atoms with van der Waals surface area (Å²) < 4.78 is 0. The Hall–Kier alpha value is -0.640. The van der Waals surface area contributed by atoms with Crippen LogP contribution in [0.3, 0.4) is 0 Å². The Balaban J connectivity index is 1.82. The van der Waals surface area contributed by atoms with Crippen molar-refractivity contribution in [3.63, 3.8) is 0 Å². The highest BCUT2D eigenvalue weighted by Crippen LogP contribution is 2.48. The quantitative estimate of drug-likeness (QED) is 0.249. The van der Waals surface area contributed by atoms with Crippen LogP contribution in [0.2, 0.25) is 0 Å². The van der Waals surface area contributed by atoms with Gasteiger partial charge in [0.25, 0.3) is 0 Å². The first-order valence-electron chi connectivity index (χ1n) is 12.8. The predicted octanol–water partition coefficient (Wildman–Crippen LogP) is 6.11. The smallest absolute Gasteiger partial charge is 0.0682 e. The van der Waals surface area contributed by atoms with Crippen LogP contribution in [0, 0.1) is 17.8 Å². The summed E-state index contributed by atoms with van der Waals surface area (Å²) >= 11 is 0. The Morgan fingerprint density at radius 1 is 1.07 bits per heavy atom. The first-order valence-corrected chi connectivity index (χ1v) is 12.8. The van der Waals surface area contributed by atoms with Crippen LogP contribution in [0.15, 0.2) is 23.8 Å². The molecule has 2 aliphatic rings. The Morgan fingerprint density at radius 2 is 1.77 bits per heavy atom. The van der Waals surface area contributed by atoms with Gasteiger partial charge in [-0.05, 0) is 83.8 Å². The van der Waals surface area contributed by atoms with Crippen LogP contribution in [0.1, 0.15) is 97.3 Å². The average molecular weight is 420 g/mol. The molecular weight excluding hydrogens is 370 g/mol. The molecule has 0 spiro atoms. The minimum Gasteiger partial charge on any atom is -0.392 e. The Morgan fingerprint density at radius 3 is 2.40 bits per heavy atom. The number of fused-ring (bicyclic) bond motifs is 1. The zero-order chi connectivity index (χ0) is 22.0. The Labute approximate surface area is 186 Å². The summed E-state index contributed by atoms with van der Waals surface area (Å²) in [5.41, 5.74) is 1.07. The number of rotatable bonds is 15. The molecule has 1 saturated carbocycles. The molecule has 2 aliphatic carbocycles. The van der Waals surface area contributed by atoms with Crippen LogP contribution in [0.25, 0.3) is 0 Å². The first-order chi connectivity index (χ1) is 14.4. The molecule has 0 aromatic rings. The van der Waals surface area contributed by atoms with Gasteiger partial charge in [0.2, 0.25) is 0 Å². The fraction of sp³-hybridized carbons (Fsp3) is 0.852. The van der Waals surface area contributed by atoms with Gasteiger partial charge in [0.1, 0.15) is 0 Å². The number of hydrogen-bond donors (Lipinski definition) is 2. The molecule has 0 saturated heterocycles. The van der Waals surface area contributed by atoms with Crippen LogP contribution < -0.4 is 0 Å². The maximum absolute atomic E-state index is 11.1. The van der Waals surface area contributed by atoms with Gasteiger partial charge < -0.3 is 15.1 Å². The number of nitrogens with zero attached hydrogens (tertiary/aromatic N) is 1. The van der Waals surface area contributed by atoms with Gasteiger partial charge in [-0.25, -0.2) is 0 Å². The molecule has 0 amide bonds. The van der Waals surface area contributed by atoms with Crippen molar-refractivity contribution in [2.45, 2.75) is 109 Å². The molecule has 0 radical (unpaired) electrons. The highest BCUT2D eigenvalue weighted by molar-refractivity contribution is 5.20. The first kappa shape index (κ1) is 25.6. The Kier molecular flexibility index (Phi) is 11.1. The van der Waals surface area contributed by atoms with E-state index in [0.717, 1.165) is 51.4 Å². The summed E-state index contributed by atoms with van der Waals surface area (Å²) in [4.78, 5) is 2.27. The van der Waals surface area contributed by atoms with E-state index in [-0.39, 0.29) is 12.0 Å². The molecule has 1 fully saturated rings. The molecule has 0 aromatic carbocycles. The third-order valence-corrected chi connectivity index (χ3v) is 7.40. The van der Waals surface area contributed by atoms with Crippen LogP contribution in [-0.4, -0.2) is 47.5 Å². The molecular formula is C27H49NO2. The monoisotopic (exact) mass is 419 g/mol. The summed E-state index contributed by atoms with van der Waals surface area (Å²) in [5.74, 6) is 1.40. The van der Waals surface area contributed by atoms with Gasteiger partial charge in [-0.3, -0.25) is 0 Å². The van der Waals surface area contributed by atoms with Gasteiger partial charge in [0, 0.05) is 5.92 Å². The lowest BCUT2D eigenvalue weighted by Gasteiger charge is -2.27. The van der Waals surface area contributed by atoms with Gasteiger partial charge in [0.15, 0.2) is 0 Å². The average Bonchev–Trinajstić information content (AvgIpc) is 3.22. The summed E-state index contributed by atoms with van der Waals surface area (Å²) in [6.07, 6.45) is 20.9. The zero-order valence-electron chi connectivity index (χ0n) is 20.3. The largest absolute Gasteiger partial charge is 0.392 e. The minimum absolute atomic E-state index is 0.214. The molecule has 0 heterocycles. The van der Waals surface area contributed by atoms with Crippen LogP contribution in [0.4, 0.5) is 0 Å². The summed E-state index contributed by atoms with van der Waals surface area (Å²) in [6.45, 7) is 5.57. The SMILES string of the molecule is CCCCC(O)(C/C=C/[C@@H]1[C@H]2CC(CCCCCN(C)C)=C[C@H]2C[C@H]1O)CCCC. The molecule has 0 bridgehead atoms. The molecule has 0 aromatic heterocycles. The molecule has 0 aliphatic heterocycles. The lowest BCUT2D eigenvalue weighted by Crippen LogP contribution is -2.28. The third kappa shape index (κ3) is 8.13. The van der Waals surface area contributed by atoms with Crippen molar-refractivity contribution in [1.82, 2.24) is 4.90 Å². The molecule has 3 heteroatoms. The van der Waals surface area contributed by atoms with Gasteiger partial charge >= 0.3 is 0 Å². The van der Waals surface area contributed by atoms with Crippen molar-refractivity contribution in [3.8, 4) is 0 Å². The van der Waals surface area contributed by atoms with Gasteiger partial charge in [-0.2, -0.15) is 0 Å². The fourth-order valence-electron chi connectivity index (χ4n) is 5.53. The van der Waals surface area contributed by atoms with Crippen molar-refractivity contribution in [2.75, 3.05) is 20.6 Å². The van der Waals surface area contributed by atoms with E-state index in [2.05, 4.69) is 51.1 Å². The third-order valence-electron chi connectivity index (χ3n) is 7.40. The van der Waals surface area contributed by atoms with E-state index in [0.29, 0.717) is 11.8 Å². The molecule has 4 atom stereocenters. The van der Waals surface area contributed by atoms with E-state index < -0.39 is 5.60 Å². The molecule has 2 N–H and O–H groups in total. The summed E-state index contributed by atoms with van der Waals surface area (Å²) in [7, 11) is 4.29. The normalized spacial score (nSPS) is 26.7. The van der Waals surface area contributed by atoms with E-state index >= 15 is 0 Å². The number of aliphatic hydroxyl groups excluding tert-OH is 1. The van der Waals surface area contributed by atoms with Crippen molar-refractivity contribution < 1.29 is 10.2 Å². The van der Waals surface area contributed by atoms with Crippen molar-refractivity contribution in [1.29, 1.82) is 0 Å². The minimum atomic E-state index is -0.558. The second-order valence-corrected chi connectivity index (χ2v) is 10.4. The topological polar surface area (TPSA) is 43.7 Å². The molecule has 3 nitrogen and oxygen atoms in total. The van der Waals surface area contributed by atoms with E-state index in [1.807, 2.05) is 0 Å². The van der Waals surface area contributed by atoms with Crippen molar-refractivity contribution in [2.24, 2.45) is 17.8 Å². The lowest BCUT2D eigenvalue weighted by atomic mass is 9.85. The number of hydrogen-bond acceptors (Lipinski definition) is 3. The van der Waals surface area contributed by atoms with Crippen LogP contribution in [-0.2, 0) is 0 Å². The maximum atomic E-state index is 11.1. The van der Waals surface area contributed by atoms with Gasteiger partial charge in [-0.1, -0.05) is 69.8 Å². The Bertz CT molecular complexity index is 531. The lowest BCUT2D eigenvalue weighted by molar-refractivity contribution is 0.0211. The standard InChI is InChI=1S/C27H49NO2/c1-5-7-15-27(30,16-8-6-2)17-12-14-24-25-20-22(19-23(25)21-26(24)29)13-10-9-11-18-28(3)4/h12,14,19,23-26,29-30H,5-11,13,15-18,20-21H2,1-4H3/b14-12+/t23-,24+,25-,26+/m0/s1. The van der Waals surface area contributed by atoms with Gasteiger partial charge in [-0.15, -0.1) is 0 Å². The van der Waals surface area contributed by atoms with Crippen LogP contribution >= 0.6 is 0 Å². The summed E-state index contributed by atoms with van der Waals surface area (Å²) in [5, 5.41) is 21.7. The van der Waals surface area contributed by atoms with E-state index in [1.165, 1.54) is 38.6 Å². The van der Waals surface area contributed by atoms with Crippen molar-refractivity contribution in [3.05, 3.63) is 23.8 Å². The highest BCUT2D eigenvalue weighted by atomic mass is 16.3. The molecule has 0 unspecified atom stereocenters. The maximum Gasteiger partial charge on any atom is 0.0682 e. The number of aliphatic hydroxyl groups is 2. The zero-order valence-corrected chi connectivity index (χ0v) is 20.3. The predicted molar refractivity (Wildman–Crippen MR) is 129 cm³/mol. The van der Waals surface area contributed by atoms with Gasteiger partial charge in [0.05, 0.1) is 11.7 Å². The molecule has 174 valence electrons. The highest BCUT2D eigenvalue weighted by Gasteiger charge is 2.43. The molecule has 2 rings (SSSR count). The fourth-order valence-corrected chi connectivity index (χ4v) is 5.53. The van der Waals surface area contributed by atoms with E-state index in [9.17, 15) is 10.2 Å². The summed E-state index contributed by atoms with van der Waals surface area (Å²) in [6, 6.07) is 0. The van der Waals surface area contributed by atoms with E-state index in [1.54, 1.807) is 5.57 Å².